The van der Waals surface area contributed by atoms with Gasteiger partial charge in [0.2, 0.25) is 0 Å². The zero-order valence-electron chi connectivity index (χ0n) is 4.68. The van der Waals surface area contributed by atoms with E-state index in [0.29, 0.717) is 19.5 Å². The zero-order valence-corrected chi connectivity index (χ0v) is 4.68. The summed E-state index contributed by atoms with van der Waals surface area (Å²) >= 11 is 0. The Morgan fingerprint density at radius 3 is 2.75 bits per heavy atom. The minimum atomic E-state index is -0.706. The minimum Gasteiger partial charge on any atom is -0.381 e. The molecule has 8 heavy (non-hydrogen) atoms. The standard InChI is InChI=1S/C5H10FNO/c6-5-1-2-7(3-5)4-8/h5,8H,1-4H2. The maximum absolute atomic E-state index is 12.2. The van der Waals surface area contributed by atoms with Crippen molar-refractivity contribution < 1.29 is 9.50 Å². The molecule has 0 bridgehead atoms. The molecule has 0 aromatic rings. The quantitative estimate of drug-likeness (QED) is 0.524. The van der Waals surface area contributed by atoms with E-state index in [1.54, 1.807) is 4.90 Å². The molecule has 0 spiro atoms. The first-order valence-corrected chi connectivity index (χ1v) is 2.80. The Bertz CT molecular complexity index is 78.8. The van der Waals surface area contributed by atoms with Gasteiger partial charge in [0.1, 0.15) is 6.17 Å². The highest BCUT2D eigenvalue weighted by Gasteiger charge is 2.19. The summed E-state index contributed by atoms with van der Waals surface area (Å²) in [6, 6.07) is 0. The SMILES string of the molecule is OCN1CCC(F)C1. The monoisotopic (exact) mass is 119 g/mol. The Morgan fingerprint density at radius 1 is 1.75 bits per heavy atom. The highest BCUT2D eigenvalue weighted by Crippen LogP contribution is 2.09. The van der Waals surface area contributed by atoms with E-state index >= 15 is 0 Å². The lowest BCUT2D eigenvalue weighted by Crippen LogP contribution is -2.21. The smallest absolute Gasteiger partial charge is 0.114 e. The van der Waals surface area contributed by atoms with Crippen molar-refractivity contribution >= 4 is 0 Å². The largest absolute Gasteiger partial charge is 0.381 e. The first-order valence-electron chi connectivity index (χ1n) is 2.80. The molecule has 1 unspecified atom stereocenters. The summed E-state index contributed by atoms with van der Waals surface area (Å²) in [6.07, 6.45) is -0.122. The number of rotatable bonds is 1. The summed E-state index contributed by atoms with van der Waals surface area (Å²) in [5, 5.41) is 8.44. The van der Waals surface area contributed by atoms with Crippen molar-refractivity contribution in [3.63, 3.8) is 0 Å². The third kappa shape index (κ3) is 1.17. The minimum absolute atomic E-state index is 0.000417. The van der Waals surface area contributed by atoms with Crippen LogP contribution in [0.3, 0.4) is 0 Å². The molecule has 2 nitrogen and oxygen atoms in total. The number of aliphatic hydroxyl groups excluding tert-OH is 1. The van der Waals surface area contributed by atoms with Gasteiger partial charge in [0, 0.05) is 13.1 Å². The van der Waals surface area contributed by atoms with Gasteiger partial charge >= 0.3 is 0 Å². The highest BCUT2D eigenvalue weighted by molar-refractivity contribution is 4.71. The second-order valence-electron chi connectivity index (χ2n) is 2.10. The van der Waals surface area contributed by atoms with Crippen molar-refractivity contribution in [1.29, 1.82) is 0 Å². The van der Waals surface area contributed by atoms with E-state index in [1.807, 2.05) is 0 Å². The van der Waals surface area contributed by atoms with Crippen LogP contribution in [0.25, 0.3) is 0 Å². The summed E-state index contributed by atoms with van der Waals surface area (Å²) in [6.45, 7) is 1.12. The lowest BCUT2D eigenvalue weighted by atomic mass is 10.4. The summed E-state index contributed by atoms with van der Waals surface area (Å²) < 4.78 is 12.2. The van der Waals surface area contributed by atoms with Gasteiger partial charge in [0.25, 0.3) is 0 Å². The molecule has 48 valence electrons. The van der Waals surface area contributed by atoms with Gasteiger partial charge in [-0.15, -0.1) is 0 Å². The Balaban J connectivity index is 2.22. The van der Waals surface area contributed by atoms with Crippen LogP contribution in [0.15, 0.2) is 0 Å². The van der Waals surface area contributed by atoms with Crippen LogP contribution in [0.5, 0.6) is 0 Å². The maximum Gasteiger partial charge on any atom is 0.114 e. The first kappa shape index (κ1) is 5.98. The molecule has 0 aliphatic carbocycles. The molecule has 1 aliphatic heterocycles. The van der Waals surface area contributed by atoms with E-state index in [9.17, 15) is 4.39 Å². The Kier molecular flexibility index (Phi) is 1.81. The van der Waals surface area contributed by atoms with Crippen LogP contribution in [0.2, 0.25) is 0 Å². The molecule has 1 N–H and O–H groups in total. The third-order valence-corrected chi connectivity index (χ3v) is 1.41. The van der Waals surface area contributed by atoms with Crippen molar-refractivity contribution in [3.8, 4) is 0 Å². The molecular formula is C5H10FNO. The van der Waals surface area contributed by atoms with E-state index in [1.165, 1.54) is 0 Å². The van der Waals surface area contributed by atoms with Crippen LogP contribution in [0.1, 0.15) is 6.42 Å². The van der Waals surface area contributed by atoms with Crippen LogP contribution in [-0.2, 0) is 0 Å². The summed E-state index contributed by atoms with van der Waals surface area (Å²) in [7, 11) is 0. The number of hydrogen-bond donors (Lipinski definition) is 1. The fourth-order valence-corrected chi connectivity index (χ4v) is 0.914. The van der Waals surface area contributed by atoms with Crippen LogP contribution in [0.4, 0.5) is 4.39 Å². The zero-order chi connectivity index (χ0) is 5.98. The molecule has 0 saturated carbocycles. The molecule has 1 aliphatic rings. The van der Waals surface area contributed by atoms with Gasteiger partial charge < -0.3 is 5.11 Å². The second-order valence-corrected chi connectivity index (χ2v) is 2.10. The van der Waals surface area contributed by atoms with E-state index in [4.69, 9.17) is 5.11 Å². The number of alkyl halides is 1. The molecule has 0 radical (unpaired) electrons. The van der Waals surface area contributed by atoms with Crippen LogP contribution >= 0.6 is 0 Å². The number of aliphatic hydroxyl groups is 1. The van der Waals surface area contributed by atoms with Crippen molar-refractivity contribution in [3.05, 3.63) is 0 Å². The van der Waals surface area contributed by atoms with Crippen molar-refractivity contribution in [2.45, 2.75) is 12.6 Å². The number of likely N-dealkylation sites (tertiary alicyclic amines) is 1. The lowest BCUT2D eigenvalue weighted by molar-refractivity contribution is 0.124. The van der Waals surface area contributed by atoms with Crippen molar-refractivity contribution in [2.24, 2.45) is 0 Å². The first-order chi connectivity index (χ1) is 3.83. The Morgan fingerprint density at radius 2 is 2.50 bits per heavy atom. The number of nitrogens with zero attached hydrogens (tertiary/aromatic N) is 1. The van der Waals surface area contributed by atoms with Crippen LogP contribution in [0, 0.1) is 0 Å². The van der Waals surface area contributed by atoms with Gasteiger partial charge in [-0.3, -0.25) is 4.90 Å². The van der Waals surface area contributed by atoms with Gasteiger partial charge in [0.15, 0.2) is 0 Å². The molecule has 0 amide bonds. The number of halogens is 1. The fraction of sp³-hybridized carbons (Fsp3) is 1.00. The van der Waals surface area contributed by atoms with E-state index in [2.05, 4.69) is 0 Å². The van der Waals surface area contributed by atoms with Gasteiger partial charge in [0.05, 0.1) is 6.73 Å². The predicted octanol–water partition coefficient (Wildman–Crippen LogP) is -0.0200. The van der Waals surface area contributed by atoms with Gasteiger partial charge in [-0.1, -0.05) is 0 Å². The van der Waals surface area contributed by atoms with E-state index in [-0.39, 0.29) is 6.73 Å². The predicted molar refractivity (Wildman–Crippen MR) is 28.2 cm³/mol. The van der Waals surface area contributed by atoms with E-state index < -0.39 is 6.17 Å². The molecular weight excluding hydrogens is 109 g/mol. The average molecular weight is 119 g/mol. The summed E-state index contributed by atoms with van der Waals surface area (Å²) in [5.41, 5.74) is 0. The molecule has 0 aromatic carbocycles. The average Bonchev–Trinajstić information content (AvgIpc) is 2.14. The molecule has 1 heterocycles. The molecule has 1 fully saturated rings. The molecule has 3 heteroatoms. The molecule has 0 aromatic heterocycles. The third-order valence-electron chi connectivity index (χ3n) is 1.41. The fourth-order valence-electron chi connectivity index (χ4n) is 0.914. The summed E-state index contributed by atoms with van der Waals surface area (Å²) in [5.74, 6) is 0. The second kappa shape index (κ2) is 2.42. The molecule has 1 atom stereocenters. The Labute approximate surface area is 47.9 Å². The van der Waals surface area contributed by atoms with Crippen molar-refractivity contribution in [1.82, 2.24) is 4.90 Å². The van der Waals surface area contributed by atoms with Crippen LogP contribution < -0.4 is 0 Å². The van der Waals surface area contributed by atoms with Crippen molar-refractivity contribution in [2.75, 3.05) is 19.8 Å². The van der Waals surface area contributed by atoms with Gasteiger partial charge in [-0.2, -0.15) is 0 Å². The highest BCUT2D eigenvalue weighted by atomic mass is 19.1. The normalized spacial score (nSPS) is 31.5. The van der Waals surface area contributed by atoms with E-state index in [0.717, 1.165) is 0 Å². The molecule has 1 rings (SSSR count). The van der Waals surface area contributed by atoms with Gasteiger partial charge in [-0.05, 0) is 6.42 Å². The number of hydrogen-bond acceptors (Lipinski definition) is 2. The molecule has 1 saturated heterocycles. The van der Waals surface area contributed by atoms with Crippen LogP contribution in [-0.4, -0.2) is 36.0 Å². The topological polar surface area (TPSA) is 23.5 Å². The van der Waals surface area contributed by atoms with Gasteiger partial charge in [-0.25, -0.2) is 4.39 Å². The summed E-state index contributed by atoms with van der Waals surface area (Å²) in [4.78, 5) is 1.69. The Hall–Kier alpha value is -0.150. The lowest BCUT2D eigenvalue weighted by Gasteiger charge is -2.07. The maximum atomic E-state index is 12.2.